The number of hydrogen-bond donors (Lipinski definition) is 1. The number of rotatable bonds is 6. The Morgan fingerprint density at radius 3 is 2.65 bits per heavy atom. The van der Waals surface area contributed by atoms with Crippen LogP contribution >= 0.6 is 0 Å². The molecule has 3 aromatic rings. The van der Waals surface area contributed by atoms with Gasteiger partial charge in [-0.25, -0.2) is 4.98 Å². The lowest BCUT2D eigenvalue weighted by Gasteiger charge is -2.13. The lowest BCUT2D eigenvalue weighted by molar-refractivity contribution is 0.102. The quantitative estimate of drug-likeness (QED) is 0.715. The molecule has 1 amide bonds. The van der Waals surface area contributed by atoms with Crippen molar-refractivity contribution < 1.29 is 9.53 Å². The molecule has 0 bridgehead atoms. The second-order valence-electron chi connectivity index (χ2n) is 6.18. The van der Waals surface area contributed by atoms with Crippen LogP contribution in [-0.4, -0.2) is 21.9 Å². The van der Waals surface area contributed by atoms with Crippen LogP contribution in [0.5, 0.6) is 5.75 Å². The highest BCUT2D eigenvalue weighted by Crippen LogP contribution is 2.26. The van der Waals surface area contributed by atoms with Crippen molar-refractivity contribution >= 4 is 17.2 Å². The summed E-state index contributed by atoms with van der Waals surface area (Å²) in [7, 11) is 0. The number of aromatic nitrogens is 2. The third kappa shape index (κ3) is 3.17. The number of amides is 1. The maximum atomic E-state index is 13.1. The molecule has 0 spiro atoms. The molecule has 3 rings (SSSR count). The molecule has 26 heavy (non-hydrogen) atoms. The molecule has 0 saturated carbocycles. The number of hydrogen-bond acceptors (Lipinski definition) is 3. The van der Waals surface area contributed by atoms with E-state index >= 15 is 0 Å². The Labute approximate surface area is 154 Å². The fraction of sp³-hybridized carbons (Fsp3) is 0.333. The van der Waals surface area contributed by atoms with Gasteiger partial charge >= 0.3 is 0 Å². The summed E-state index contributed by atoms with van der Waals surface area (Å²) in [5.41, 5.74) is 5.07. The van der Waals surface area contributed by atoms with E-state index in [4.69, 9.17) is 4.74 Å². The second-order valence-corrected chi connectivity index (χ2v) is 6.18. The van der Waals surface area contributed by atoms with Gasteiger partial charge < -0.3 is 10.1 Å². The number of fused-ring (bicyclic) bond motifs is 1. The molecule has 136 valence electrons. The average molecular weight is 351 g/mol. The van der Waals surface area contributed by atoms with E-state index in [0.29, 0.717) is 30.1 Å². The highest BCUT2D eigenvalue weighted by Gasteiger charge is 2.21. The number of carbonyl (C=O) groups is 1. The average Bonchev–Trinajstić information content (AvgIpc) is 3.03. The van der Waals surface area contributed by atoms with Gasteiger partial charge in [0.2, 0.25) is 0 Å². The smallest absolute Gasteiger partial charge is 0.274 e. The van der Waals surface area contributed by atoms with Crippen molar-refractivity contribution in [3.05, 3.63) is 59.0 Å². The number of nitrogens with one attached hydrogen (secondary N) is 1. The van der Waals surface area contributed by atoms with Crippen LogP contribution in [0, 0.1) is 6.92 Å². The lowest BCUT2D eigenvalue weighted by atomic mass is 10.1. The number of pyridine rings is 1. The number of ether oxygens (including phenoxy) is 1. The predicted octanol–water partition coefficient (Wildman–Crippen LogP) is 4.42. The van der Waals surface area contributed by atoms with Crippen LogP contribution in [-0.2, 0) is 12.8 Å². The van der Waals surface area contributed by atoms with E-state index in [1.807, 2.05) is 61.7 Å². The van der Waals surface area contributed by atoms with Crippen molar-refractivity contribution in [3.8, 4) is 5.75 Å². The molecule has 2 aromatic heterocycles. The zero-order valence-corrected chi connectivity index (χ0v) is 15.8. The van der Waals surface area contributed by atoms with Crippen LogP contribution in [0.15, 0.2) is 36.5 Å². The molecule has 0 saturated heterocycles. The van der Waals surface area contributed by atoms with E-state index in [9.17, 15) is 4.79 Å². The minimum absolute atomic E-state index is 0.146. The number of imidazole rings is 1. The molecule has 1 N–H and O–H groups in total. The van der Waals surface area contributed by atoms with Crippen LogP contribution in [0.2, 0.25) is 0 Å². The van der Waals surface area contributed by atoms with Crippen LogP contribution in [0.4, 0.5) is 5.69 Å². The largest absolute Gasteiger partial charge is 0.490 e. The highest BCUT2D eigenvalue weighted by atomic mass is 16.5. The Balaban J connectivity index is 2.08. The van der Waals surface area contributed by atoms with E-state index in [0.717, 1.165) is 28.9 Å². The Bertz CT molecular complexity index is 944. The fourth-order valence-corrected chi connectivity index (χ4v) is 3.22. The third-order valence-electron chi connectivity index (χ3n) is 4.51. The number of benzene rings is 1. The third-order valence-corrected chi connectivity index (χ3v) is 4.51. The summed E-state index contributed by atoms with van der Waals surface area (Å²) >= 11 is 0. The van der Waals surface area contributed by atoms with Crippen molar-refractivity contribution in [1.29, 1.82) is 0 Å². The molecule has 5 heteroatoms. The first kappa shape index (κ1) is 18.0. The zero-order chi connectivity index (χ0) is 18.7. The van der Waals surface area contributed by atoms with Crippen LogP contribution < -0.4 is 10.1 Å². The second kappa shape index (κ2) is 7.60. The molecule has 2 heterocycles. The standard InChI is InChI=1S/C21H25N3O2/c1-5-15-11-8-10-14(4)18(15)23-21(25)19-16(6-2)22-20-17(26-7-3)12-9-13-24(19)20/h8-13H,5-7H2,1-4H3,(H,23,25). The Morgan fingerprint density at radius 1 is 1.15 bits per heavy atom. The molecule has 1 aromatic carbocycles. The van der Waals surface area contributed by atoms with E-state index in [2.05, 4.69) is 17.2 Å². The van der Waals surface area contributed by atoms with Crippen LogP contribution in [0.25, 0.3) is 5.65 Å². The number of aryl methyl sites for hydroxylation is 3. The fourth-order valence-electron chi connectivity index (χ4n) is 3.22. The molecule has 0 radical (unpaired) electrons. The number of para-hydroxylation sites is 1. The summed E-state index contributed by atoms with van der Waals surface area (Å²) in [6.07, 6.45) is 3.39. The van der Waals surface area contributed by atoms with E-state index in [-0.39, 0.29) is 5.91 Å². The predicted molar refractivity (Wildman–Crippen MR) is 104 cm³/mol. The van der Waals surface area contributed by atoms with E-state index in [1.54, 1.807) is 0 Å². The van der Waals surface area contributed by atoms with E-state index in [1.165, 1.54) is 0 Å². The van der Waals surface area contributed by atoms with Crippen molar-refractivity contribution in [3.63, 3.8) is 0 Å². The van der Waals surface area contributed by atoms with Gasteiger partial charge in [-0.15, -0.1) is 0 Å². The first-order valence-corrected chi connectivity index (χ1v) is 9.13. The molecule has 0 aliphatic rings. The summed E-state index contributed by atoms with van der Waals surface area (Å²) in [6, 6.07) is 9.83. The number of anilines is 1. The molecule has 0 fully saturated rings. The Kier molecular flexibility index (Phi) is 5.26. The summed E-state index contributed by atoms with van der Waals surface area (Å²) in [6.45, 7) is 8.59. The molecule has 0 aliphatic carbocycles. The van der Waals surface area contributed by atoms with Crippen molar-refractivity contribution in [2.24, 2.45) is 0 Å². The SMILES string of the molecule is CCOc1cccn2c(C(=O)Nc3c(C)cccc3CC)c(CC)nc12. The molecular formula is C21H25N3O2. The van der Waals surface area contributed by atoms with Gasteiger partial charge in [-0.05, 0) is 49.9 Å². The van der Waals surface area contributed by atoms with Gasteiger partial charge in [-0.2, -0.15) is 0 Å². The zero-order valence-electron chi connectivity index (χ0n) is 15.8. The minimum atomic E-state index is -0.146. The molecule has 0 atom stereocenters. The van der Waals surface area contributed by atoms with Crippen molar-refractivity contribution in [1.82, 2.24) is 9.38 Å². The maximum Gasteiger partial charge on any atom is 0.274 e. The van der Waals surface area contributed by atoms with Gasteiger partial charge in [0.1, 0.15) is 5.69 Å². The van der Waals surface area contributed by atoms with Gasteiger partial charge in [-0.1, -0.05) is 32.0 Å². The summed E-state index contributed by atoms with van der Waals surface area (Å²) < 4.78 is 7.49. The van der Waals surface area contributed by atoms with Gasteiger partial charge in [0.15, 0.2) is 11.4 Å². The van der Waals surface area contributed by atoms with Gasteiger partial charge in [0, 0.05) is 11.9 Å². The van der Waals surface area contributed by atoms with E-state index < -0.39 is 0 Å². The Morgan fingerprint density at radius 2 is 1.96 bits per heavy atom. The van der Waals surface area contributed by atoms with Crippen LogP contribution in [0.3, 0.4) is 0 Å². The topological polar surface area (TPSA) is 55.6 Å². The number of nitrogens with zero attached hydrogens (tertiary/aromatic N) is 2. The van der Waals surface area contributed by atoms with Crippen molar-refractivity contribution in [2.45, 2.75) is 40.5 Å². The maximum absolute atomic E-state index is 13.1. The lowest BCUT2D eigenvalue weighted by Crippen LogP contribution is -2.18. The highest BCUT2D eigenvalue weighted by molar-refractivity contribution is 6.05. The van der Waals surface area contributed by atoms with Crippen molar-refractivity contribution in [2.75, 3.05) is 11.9 Å². The molecule has 0 aliphatic heterocycles. The number of carbonyl (C=O) groups excluding carboxylic acids is 1. The molecular weight excluding hydrogens is 326 g/mol. The first-order chi connectivity index (χ1) is 12.6. The van der Waals surface area contributed by atoms with Gasteiger partial charge in [0.25, 0.3) is 5.91 Å². The minimum Gasteiger partial charge on any atom is -0.490 e. The normalized spacial score (nSPS) is 10.9. The first-order valence-electron chi connectivity index (χ1n) is 9.13. The summed E-state index contributed by atoms with van der Waals surface area (Å²) in [5.74, 6) is 0.542. The molecule has 5 nitrogen and oxygen atoms in total. The monoisotopic (exact) mass is 351 g/mol. The summed E-state index contributed by atoms with van der Waals surface area (Å²) in [4.78, 5) is 17.8. The summed E-state index contributed by atoms with van der Waals surface area (Å²) in [5, 5.41) is 3.11. The van der Waals surface area contributed by atoms with Gasteiger partial charge in [0.05, 0.1) is 12.3 Å². The van der Waals surface area contributed by atoms with Crippen LogP contribution in [0.1, 0.15) is 48.1 Å². The molecule has 0 unspecified atom stereocenters. The van der Waals surface area contributed by atoms with Gasteiger partial charge in [-0.3, -0.25) is 9.20 Å². The Hall–Kier alpha value is -2.82.